The average Bonchev–Trinajstić information content (AvgIpc) is 2.70. The maximum absolute atomic E-state index is 11.9. The van der Waals surface area contributed by atoms with Gasteiger partial charge in [-0.05, 0) is 13.3 Å². The molecule has 0 radical (unpaired) electrons. The quantitative estimate of drug-likeness (QED) is 0.710. The molecule has 0 fully saturated rings. The predicted molar refractivity (Wildman–Crippen MR) is 68.8 cm³/mol. The fraction of sp³-hybridized carbons (Fsp3) is 0.750. The van der Waals surface area contributed by atoms with E-state index in [0.717, 1.165) is 12.1 Å². The van der Waals surface area contributed by atoms with Gasteiger partial charge in [0.1, 0.15) is 6.61 Å². The Morgan fingerprint density at radius 1 is 1.35 bits per heavy atom. The zero-order valence-corrected chi connectivity index (χ0v) is 11.7. The zero-order chi connectivity index (χ0) is 15.0. The van der Waals surface area contributed by atoms with Crippen LogP contribution in [-0.4, -0.2) is 49.2 Å². The van der Waals surface area contributed by atoms with E-state index < -0.39 is 12.8 Å². The van der Waals surface area contributed by atoms with Crippen LogP contribution in [0.2, 0.25) is 0 Å². The molecule has 0 aliphatic carbocycles. The highest BCUT2D eigenvalue weighted by Gasteiger charge is 2.27. The van der Waals surface area contributed by atoms with Crippen LogP contribution < -0.4 is 5.32 Å². The average molecular weight is 295 g/mol. The van der Waals surface area contributed by atoms with Crippen LogP contribution >= 0.6 is 0 Å². The smallest absolute Gasteiger partial charge is 0.385 e. The molecule has 20 heavy (non-hydrogen) atoms. The van der Waals surface area contributed by atoms with Gasteiger partial charge in [-0.1, -0.05) is 0 Å². The van der Waals surface area contributed by atoms with E-state index in [1.807, 2.05) is 6.92 Å². The molecule has 1 rings (SSSR count). The lowest BCUT2D eigenvalue weighted by Crippen LogP contribution is -2.19. The van der Waals surface area contributed by atoms with Gasteiger partial charge < -0.3 is 19.4 Å². The third-order valence-electron chi connectivity index (χ3n) is 2.45. The normalized spacial score (nSPS) is 11.8. The fourth-order valence-electron chi connectivity index (χ4n) is 1.63. The second-order valence-corrected chi connectivity index (χ2v) is 4.34. The van der Waals surface area contributed by atoms with Crippen LogP contribution in [-0.2, 0) is 16.0 Å². The molecule has 0 aromatic carbocycles. The van der Waals surface area contributed by atoms with Gasteiger partial charge in [0.2, 0.25) is 5.95 Å². The lowest BCUT2D eigenvalue weighted by molar-refractivity contribution is -0.174. The van der Waals surface area contributed by atoms with Crippen molar-refractivity contribution in [2.24, 2.45) is 0 Å². The summed E-state index contributed by atoms with van der Waals surface area (Å²) in [4.78, 5) is 4.27. The molecule has 116 valence electrons. The number of anilines is 1. The number of ether oxygens (including phenoxy) is 2. The van der Waals surface area contributed by atoms with Gasteiger partial charge in [0.25, 0.3) is 0 Å². The van der Waals surface area contributed by atoms with Crippen molar-refractivity contribution in [3.63, 3.8) is 0 Å². The van der Waals surface area contributed by atoms with Crippen molar-refractivity contribution in [2.45, 2.75) is 26.1 Å². The molecule has 5 nitrogen and oxygen atoms in total. The van der Waals surface area contributed by atoms with Gasteiger partial charge in [0.05, 0.1) is 12.3 Å². The number of methoxy groups -OCH3 is 1. The van der Waals surface area contributed by atoms with E-state index >= 15 is 0 Å². The van der Waals surface area contributed by atoms with Gasteiger partial charge in [-0.2, -0.15) is 13.2 Å². The number of rotatable bonds is 9. The molecule has 8 heteroatoms. The lowest BCUT2D eigenvalue weighted by atomic mass is 10.4. The first-order valence-electron chi connectivity index (χ1n) is 6.33. The molecule has 0 atom stereocenters. The van der Waals surface area contributed by atoms with E-state index in [4.69, 9.17) is 4.74 Å². The Hall–Kier alpha value is -1.28. The Balaban J connectivity index is 2.36. The summed E-state index contributed by atoms with van der Waals surface area (Å²) >= 11 is 0. The van der Waals surface area contributed by atoms with Crippen molar-refractivity contribution >= 4 is 5.95 Å². The number of aromatic nitrogens is 2. The van der Waals surface area contributed by atoms with Crippen LogP contribution in [0.1, 0.15) is 12.1 Å². The monoisotopic (exact) mass is 295 g/mol. The van der Waals surface area contributed by atoms with E-state index in [1.54, 1.807) is 17.9 Å². The van der Waals surface area contributed by atoms with Crippen LogP contribution in [0.3, 0.4) is 0 Å². The van der Waals surface area contributed by atoms with Crippen LogP contribution in [0.5, 0.6) is 0 Å². The van der Waals surface area contributed by atoms with Crippen LogP contribution in [0.15, 0.2) is 6.20 Å². The molecular weight excluding hydrogens is 275 g/mol. The number of aryl methyl sites for hydroxylation is 1. The highest BCUT2D eigenvalue weighted by molar-refractivity contribution is 5.28. The number of alkyl halides is 3. The Labute approximate surface area is 116 Å². The van der Waals surface area contributed by atoms with E-state index in [0.29, 0.717) is 25.6 Å². The third-order valence-corrected chi connectivity index (χ3v) is 2.45. The van der Waals surface area contributed by atoms with Gasteiger partial charge in [-0.15, -0.1) is 0 Å². The van der Waals surface area contributed by atoms with Crippen molar-refractivity contribution in [3.05, 3.63) is 11.9 Å². The van der Waals surface area contributed by atoms with Gasteiger partial charge in [-0.3, -0.25) is 0 Å². The van der Waals surface area contributed by atoms with Gasteiger partial charge in [-0.25, -0.2) is 4.98 Å². The summed E-state index contributed by atoms with van der Waals surface area (Å²) < 4.78 is 47.1. The summed E-state index contributed by atoms with van der Waals surface area (Å²) in [6.45, 7) is 2.24. The number of halogens is 3. The van der Waals surface area contributed by atoms with E-state index in [-0.39, 0.29) is 6.61 Å². The number of nitrogens with one attached hydrogen (secondary N) is 1. The van der Waals surface area contributed by atoms with Gasteiger partial charge in [0.15, 0.2) is 0 Å². The van der Waals surface area contributed by atoms with Crippen molar-refractivity contribution in [3.8, 4) is 0 Å². The maximum atomic E-state index is 11.9. The van der Waals surface area contributed by atoms with Crippen molar-refractivity contribution in [2.75, 3.05) is 38.8 Å². The molecule has 0 unspecified atom stereocenters. The summed E-state index contributed by atoms with van der Waals surface area (Å²) in [5.41, 5.74) is 0.801. The lowest BCUT2D eigenvalue weighted by Gasteiger charge is -2.11. The van der Waals surface area contributed by atoms with Gasteiger partial charge >= 0.3 is 6.18 Å². The second kappa shape index (κ2) is 8.11. The largest absolute Gasteiger partial charge is 0.411 e. The number of hydrogen-bond acceptors (Lipinski definition) is 4. The molecule has 1 aromatic heterocycles. The zero-order valence-electron chi connectivity index (χ0n) is 11.7. The molecule has 1 N–H and O–H groups in total. The summed E-state index contributed by atoms with van der Waals surface area (Å²) in [6, 6.07) is 0. The van der Waals surface area contributed by atoms with E-state index in [9.17, 15) is 13.2 Å². The highest BCUT2D eigenvalue weighted by atomic mass is 19.4. The van der Waals surface area contributed by atoms with Gasteiger partial charge in [0, 0.05) is 33.0 Å². The van der Waals surface area contributed by atoms with Crippen LogP contribution in [0, 0.1) is 6.92 Å². The Morgan fingerprint density at radius 3 is 2.75 bits per heavy atom. The summed E-state index contributed by atoms with van der Waals surface area (Å²) in [5, 5.41) is 3.12. The first-order chi connectivity index (χ1) is 9.42. The Bertz CT molecular complexity index is 394. The summed E-state index contributed by atoms with van der Waals surface area (Å²) in [5.74, 6) is 0.634. The summed E-state index contributed by atoms with van der Waals surface area (Å²) in [7, 11) is 1.63. The van der Waals surface area contributed by atoms with Crippen molar-refractivity contribution in [1.82, 2.24) is 9.55 Å². The molecule has 0 amide bonds. The first kappa shape index (κ1) is 16.8. The minimum atomic E-state index is -4.29. The number of hydrogen-bond donors (Lipinski definition) is 1. The Morgan fingerprint density at radius 2 is 2.10 bits per heavy atom. The molecule has 0 aliphatic heterocycles. The van der Waals surface area contributed by atoms with Crippen molar-refractivity contribution < 1.29 is 22.6 Å². The SMILES string of the molecule is COCCCNc1nc(C)cn1CCOCC(F)(F)F. The molecule has 0 aliphatic rings. The molecule has 1 heterocycles. The van der Waals surface area contributed by atoms with Crippen LogP contribution in [0.25, 0.3) is 0 Å². The predicted octanol–water partition coefficient (Wildman–Crippen LogP) is 2.22. The highest BCUT2D eigenvalue weighted by Crippen LogP contribution is 2.14. The minimum Gasteiger partial charge on any atom is -0.385 e. The standard InChI is InChI=1S/C12H20F3N3O2/c1-10-8-18(5-7-20-9-12(13,14)15)11(17-10)16-4-3-6-19-2/h8H,3-7,9H2,1-2H3,(H,16,17). The Kier molecular flexibility index (Phi) is 6.80. The maximum Gasteiger partial charge on any atom is 0.411 e. The first-order valence-corrected chi connectivity index (χ1v) is 6.33. The molecule has 1 aromatic rings. The minimum absolute atomic E-state index is 0.0118. The molecule has 0 bridgehead atoms. The number of nitrogens with zero attached hydrogens (tertiary/aromatic N) is 2. The topological polar surface area (TPSA) is 48.3 Å². The molecule has 0 spiro atoms. The number of imidazole rings is 1. The molecule has 0 saturated heterocycles. The van der Waals surface area contributed by atoms with E-state index in [1.165, 1.54) is 0 Å². The van der Waals surface area contributed by atoms with E-state index in [2.05, 4.69) is 15.0 Å². The second-order valence-electron chi connectivity index (χ2n) is 4.34. The van der Waals surface area contributed by atoms with Crippen LogP contribution in [0.4, 0.5) is 19.1 Å². The third kappa shape index (κ3) is 6.76. The van der Waals surface area contributed by atoms with Crippen molar-refractivity contribution in [1.29, 1.82) is 0 Å². The summed E-state index contributed by atoms with van der Waals surface area (Å²) in [6.07, 6.45) is -1.69. The molecule has 0 saturated carbocycles. The fourth-order valence-corrected chi connectivity index (χ4v) is 1.63. The molecular formula is C12H20F3N3O2.